The van der Waals surface area contributed by atoms with Crippen LogP contribution in [0, 0.1) is 0 Å². The summed E-state index contributed by atoms with van der Waals surface area (Å²) in [6, 6.07) is 11.5. The van der Waals surface area contributed by atoms with Crippen molar-refractivity contribution in [2.24, 2.45) is 0 Å². The van der Waals surface area contributed by atoms with Gasteiger partial charge in [0, 0.05) is 12.4 Å². The number of benzene rings is 2. The first kappa shape index (κ1) is 18.2. The second-order valence-electron chi connectivity index (χ2n) is 7.32. The zero-order valence-electron chi connectivity index (χ0n) is 15.2. The minimum absolute atomic E-state index is 0.0624. The monoisotopic (exact) mass is 428 g/mol. The third kappa shape index (κ3) is 2.82. The molecule has 1 spiro atoms. The second-order valence-corrected chi connectivity index (χ2v) is 9.41. The lowest BCUT2D eigenvalue weighted by molar-refractivity contribution is -0.123. The van der Waals surface area contributed by atoms with E-state index in [0.29, 0.717) is 22.1 Å². The van der Waals surface area contributed by atoms with Crippen molar-refractivity contribution in [3.05, 3.63) is 65.4 Å². The first-order valence-electron chi connectivity index (χ1n) is 9.17. The van der Waals surface area contributed by atoms with Crippen molar-refractivity contribution in [1.29, 1.82) is 0 Å². The third-order valence-electron chi connectivity index (χ3n) is 5.64. The Morgan fingerprint density at radius 2 is 2.00 bits per heavy atom. The quantitative estimate of drug-likeness (QED) is 0.662. The molecule has 3 aromatic rings. The predicted octanol–water partition coefficient (Wildman–Crippen LogP) is 3.70. The van der Waals surface area contributed by atoms with Gasteiger partial charge in [-0.2, -0.15) is 5.10 Å². The Morgan fingerprint density at radius 3 is 2.69 bits per heavy atom. The van der Waals surface area contributed by atoms with Crippen molar-refractivity contribution in [3.8, 4) is 5.69 Å². The zero-order chi connectivity index (χ0) is 20.2. The third-order valence-corrected chi connectivity index (χ3v) is 7.31. The summed E-state index contributed by atoms with van der Waals surface area (Å²) in [4.78, 5) is 12.5. The van der Waals surface area contributed by atoms with Crippen LogP contribution >= 0.6 is 11.6 Å². The van der Waals surface area contributed by atoms with Gasteiger partial charge in [0.1, 0.15) is 0 Å². The van der Waals surface area contributed by atoms with Crippen molar-refractivity contribution >= 4 is 38.9 Å². The van der Waals surface area contributed by atoms with Gasteiger partial charge in [0.25, 0.3) is 10.0 Å². The molecule has 9 heteroatoms. The molecule has 1 fully saturated rings. The van der Waals surface area contributed by atoms with Crippen molar-refractivity contribution in [3.63, 3.8) is 0 Å². The fraction of sp³-hybridized carbons (Fsp3) is 0.200. The number of sulfonamides is 1. The zero-order valence-corrected chi connectivity index (χ0v) is 16.8. The van der Waals surface area contributed by atoms with Gasteiger partial charge in [0.15, 0.2) is 0 Å². The number of amides is 1. The Bertz CT molecular complexity index is 1230. The number of hydrogen-bond donors (Lipinski definition) is 2. The van der Waals surface area contributed by atoms with E-state index < -0.39 is 15.4 Å². The number of rotatable bonds is 4. The molecule has 0 bridgehead atoms. The van der Waals surface area contributed by atoms with Crippen LogP contribution in [0.25, 0.3) is 5.69 Å². The van der Waals surface area contributed by atoms with E-state index in [4.69, 9.17) is 11.6 Å². The standard InChI is InChI=1S/C20H17ClN4O3S/c21-17-11-13(10-16-18(17)23-19(26)20(16)6-2-7-20)24-29(27,28)15-5-1-4-14(12-15)25-9-3-8-22-25/h1,3-5,8-12,24H,2,6-7H2,(H,23,26). The molecule has 2 aliphatic rings. The Hall–Kier alpha value is -2.84. The molecule has 29 heavy (non-hydrogen) atoms. The van der Waals surface area contributed by atoms with Gasteiger partial charge in [0.2, 0.25) is 5.91 Å². The highest BCUT2D eigenvalue weighted by Gasteiger charge is 2.51. The van der Waals surface area contributed by atoms with Crippen molar-refractivity contribution < 1.29 is 13.2 Å². The van der Waals surface area contributed by atoms with Gasteiger partial charge < -0.3 is 5.32 Å². The number of nitrogens with one attached hydrogen (secondary N) is 2. The average molecular weight is 429 g/mol. The van der Waals surface area contributed by atoms with Crippen LogP contribution in [0.1, 0.15) is 24.8 Å². The Morgan fingerprint density at radius 1 is 1.17 bits per heavy atom. The minimum atomic E-state index is -3.86. The van der Waals surface area contributed by atoms with Gasteiger partial charge in [-0.15, -0.1) is 0 Å². The number of nitrogens with zero attached hydrogens (tertiary/aromatic N) is 2. The number of hydrogen-bond acceptors (Lipinski definition) is 4. The summed E-state index contributed by atoms with van der Waals surface area (Å²) in [5.74, 6) is -0.0624. The maximum Gasteiger partial charge on any atom is 0.261 e. The van der Waals surface area contributed by atoms with Crippen molar-refractivity contribution in [2.75, 3.05) is 10.0 Å². The van der Waals surface area contributed by atoms with Gasteiger partial charge in [-0.05, 0) is 54.8 Å². The smallest absolute Gasteiger partial charge is 0.261 e. The van der Waals surface area contributed by atoms with Crippen molar-refractivity contribution in [1.82, 2.24) is 9.78 Å². The predicted molar refractivity (Wildman–Crippen MR) is 110 cm³/mol. The molecular formula is C20H17ClN4O3S. The molecule has 0 atom stereocenters. The van der Waals surface area contributed by atoms with Crippen LogP contribution in [0.15, 0.2) is 59.8 Å². The van der Waals surface area contributed by atoms with E-state index in [2.05, 4.69) is 15.1 Å². The summed E-state index contributed by atoms with van der Waals surface area (Å²) < 4.78 is 30.1. The molecule has 0 unspecified atom stereocenters. The van der Waals surface area contributed by atoms with Gasteiger partial charge in [-0.25, -0.2) is 13.1 Å². The van der Waals surface area contributed by atoms with Gasteiger partial charge in [-0.3, -0.25) is 9.52 Å². The number of carbonyl (C=O) groups excluding carboxylic acids is 1. The highest BCUT2D eigenvalue weighted by Crippen LogP contribution is 2.53. The highest BCUT2D eigenvalue weighted by atomic mass is 35.5. The lowest BCUT2D eigenvalue weighted by atomic mass is 9.65. The number of aromatic nitrogens is 2. The molecule has 0 saturated heterocycles. The highest BCUT2D eigenvalue weighted by molar-refractivity contribution is 7.92. The second kappa shape index (κ2) is 6.33. The summed E-state index contributed by atoms with van der Waals surface area (Å²) in [5.41, 5.74) is 1.73. The van der Waals surface area contributed by atoms with Crippen LogP contribution in [-0.4, -0.2) is 24.1 Å². The number of anilines is 2. The molecule has 1 amide bonds. The molecule has 148 valence electrons. The lowest BCUT2D eigenvalue weighted by Gasteiger charge is -2.36. The van der Waals surface area contributed by atoms with Crippen LogP contribution in [0.5, 0.6) is 0 Å². The minimum Gasteiger partial charge on any atom is -0.324 e. The number of halogens is 1. The molecule has 2 aromatic carbocycles. The summed E-state index contributed by atoms with van der Waals surface area (Å²) in [7, 11) is -3.86. The first-order chi connectivity index (χ1) is 13.9. The summed E-state index contributed by atoms with van der Waals surface area (Å²) in [5, 5.41) is 7.30. The first-order valence-corrected chi connectivity index (χ1v) is 11.0. The van der Waals surface area contributed by atoms with E-state index in [0.717, 1.165) is 24.8 Å². The summed E-state index contributed by atoms with van der Waals surface area (Å²) >= 11 is 6.35. The maximum absolute atomic E-state index is 13.0. The molecule has 2 N–H and O–H groups in total. The molecule has 1 saturated carbocycles. The van der Waals surface area contributed by atoms with Gasteiger partial charge in [0.05, 0.1) is 32.4 Å². The number of carbonyl (C=O) groups is 1. The summed E-state index contributed by atoms with van der Waals surface area (Å²) in [6.45, 7) is 0. The molecule has 1 aliphatic heterocycles. The normalized spacial score (nSPS) is 16.9. The van der Waals surface area contributed by atoms with Crippen LogP contribution in [0.2, 0.25) is 5.02 Å². The molecule has 1 aliphatic carbocycles. The van der Waals surface area contributed by atoms with E-state index in [-0.39, 0.29) is 10.8 Å². The lowest BCUT2D eigenvalue weighted by Crippen LogP contribution is -2.40. The van der Waals surface area contributed by atoms with E-state index in [1.165, 1.54) is 12.1 Å². The topological polar surface area (TPSA) is 93.1 Å². The Labute approximate surface area is 172 Å². The van der Waals surface area contributed by atoms with Crippen LogP contribution in [0.4, 0.5) is 11.4 Å². The fourth-order valence-electron chi connectivity index (χ4n) is 3.98. The van der Waals surface area contributed by atoms with Crippen molar-refractivity contribution in [2.45, 2.75) is 29.6 Å². The van der Waals surface area contributed by atoms with E-state index in [1.807, 2.05) is 0 Å². The van der Waals surface area contributed by atoms with E-state index >= 15 is 0 Å². The average Bonchev–Trinajstić information content (AvgIpc) is 3.27. The number of fused-ring (bicyclic) bond motifs is 2. The van der Waals surface area contributed by atoms with E-state index in [9.17, 15) is 13.2 Å². The molecule has 0 radical (unpaired) electrons. The molecule has 7 nitrogen and oxygen atoms in total. The Balaban J connectivity index is 1.50. The van der Waals surface area contributed by atoms with Gasteiger partial charge in [-0.1, -0.05) is 24.1 Å². The van der Waals surface area contributed by atoms with Gasteiger partial charge >= 0.3 is 0 Å². The SMILES string of the molecule is O=C1Nc2c(Cl)cc(NS(=O)(=O)c3cccc(-n4cccn4)c3)cc2C12CCC2. The summed E-state index contributed by atoms with van der Waals surface area (Å²) in [6.07, 6.45) is 5.80. The van der Waals surface area contributed by atoms with E-state index in [1.54, 1.807) is 47.4 Å². The maximum atomic E-state index is 13.0. The Kier molecular flexibility index (Phi) is 3.97. The molecular weight excluding hydrogens is 412 g/mol. The largest absolute Gasteiger partial charge is 0.324 e. The van der Waals surface area contributed by atoms with Crippen LogP contribution < -0.4 is 10.0 Å². The molecule has 5 rings (SSSR count). The molecule has 1 aromatic heterocycles. The van der Waals surface area contributed by atoms with Crippen LogP contribution in [0.3, 0.4) is 0 Å². The fourth-order valence-corrected chi connectivity index (χ4v) is 5.33. The van der Waals surface area contributed by atoms with Crippen LogP contribution in [-0.2, 0) is 20.2 Å². The molecule has 2 heterocycles.